The van der Waals surface area contributed by atoms with Crippen LogP contribution in [0.5, 0.6) is 0 Å². The van der Waals surface area contributed by atoms with Crippen LogP contribution in [0.4, 0.5) is 5.69 Å². The molecule has 3 N–H and O–H groups in total. The van der Waals surface area contributed by atoms with Crippen molar-refractivity contribution in [1.29, 1.82) is 0 Å². The van der Waals surface area contributed by atoms with Gasteiger partial charge in [-0.25, -0.2) is 0 Å². The highest BCUT2D eigenvalue weighted by Gasteiger charge is 2.38. The Balaban J connectivity index is 1.90. The number of carbonyl (C=O) groups excluding carboxylic acids is 1. The quantitative estimate of drug-likeness (QED) is 0.727. The molecule has 5 heteroatoms. The lowest BCUT2D eigenvalue weighted by molar-refractivity contribution is -0.124. The summed E-state index contributed by atoms with van der Waals surface area (Å²) in [5, 5.41) is 13.9. The van der Waals surface area contributed by atoms with Crippen molar-refractivity contribution in [2.75, 3.05) is 11.9 Å². The maximum atomic E-state index is 12.1. The smallest absolute Gasteiger partial charge is 0.244 e. The van der Waals surface area contributed by atoms with E-state index in [4.69, 9.17) is 0 Å². The van der Waals surface area contributed by atoms with E-state index in [1.165, 1.54) is 0 Å². The molecule has 17 heavy (non-hydrogen) atoms. The molecule has 1 aromatic carbocycles. The van der Waals surface area contributed by atoms with E-state index >= 15 is 0 Å². The van der Waals surface area contributed by atoms with Crippen LogP contribution < -0.4 is 10.6 Å². The molecule has 1 aliphatic heterocycles. The molecule has 1 aromatic heterocycles. The Morgan fingerprint density at radius 1 is 1.53 bits per heavy atom. The molecule has 0 saturated carbocycles. The number of anilines is 1. The van der Waals surface area contributed by atoms with Gasteiger partial charge in [0.2, 0.25) is 5.91 Å². The van der Waals surface area contributed by atoms with Crippen LogP contribution in [-0.2, 0) is 4.79 Å². The number of fused-ring (bicyclic) bond motifs is 1. The minimum Gasteiger partial charge on any atom is -0.324 e. The van der Waals surface area contributed by atoms with Crippen molar-refractivity contribution in [3.05, 3.63) is 24.4 Å². The summed E-state index contributed by atoms with van der Waals surface area (Å²) < 4.78 is 0. The van der Waals surface area contributed by atoms with Crippen molar-refractivity contribution >= 4 is 22.5 Å². The van der Waals surface area contributed by atoms with Gasteiger partial charge in [0.15, 0.2) is 0 Å². The molecule has 3 rings (SSSR count). The molecule has 0 radical (unpaired) electrons. The predicted octanol–water partition coefficient (Wildman–Crippen LogP) is 1.25. The van der Waals surface area contributed by atoms with Gasteiger partial charge in [-0.05, 0) is 32.0 Å². The third-order valence-corrected chi connectivity index (χ3v) is 3.37. The van der Waals surface area contributed by atoms with Crippen LogP contribution >= 0.6 is 0 Å². The molecule has 1 fully saturated rings. The van der Waals surface area contributed by atoms with Crippen molar-refractivity contribution in [2.24, 2.45) is 0 Å². The van der Waals surface area contributed by atoms with Crippen LogP contribution in [-0.4, -0.2) is 28.2 Å². The van der Waals surface area contributed by atoms with Crippen molar-refractivity contribution < 1.29 is 4.79 Å². The summed E-state index contributed by atoms with van der Waals surface area (Å²) in [4.78, 5) is 12.1. The number of nitrogens with one attached hydrogen (secondary N) is 3. The topological polar surface area (TPSA) is 69.8 Å². The summed E-state index contributed by atoms with van der Waals surface area (Å²) in [5.41, 5.74) is 1.30. The average molecular weight is 230 g/mol. The zero-order chi connectivity index (χ0) is 11.9. The van der Waals surface area contributed by atoms with Crippen molar-refractivity contribution in [3.63, 3.8) is 0 Å². The lowest BCUT2D eigenvalue weighted by atomic mass is 9.89. The summed E-state index contributed by atoms with van der Waals surface area (Å²) in [6.07, 6.45) is 2.60. The number of amides is 1. The summed E-state index contributed by atoms with van der Waals surface area (Å²) >= 11 is 0. The Bertz CT molecular complexity index is 571. The second-order valence-electron chi connectivity index (χ2n) is 4.60. The summed E-state index contributed by atoms with van der Waals surface area (Å²) in [6.45, 7) is 2.82. The lowest BCUT2D eigenvalue weighted by Gasteiger charge is -2.38. The maximum absolute atomic E-state index is 12.1. The zero-order valence-corrected chi connectivity index (χ0v) is 9.58. The Hall–Kier alpha value is -1.88. The highest BCUT2D eigenvalue weighted by Crippen LogP contribution is 2.24. The van der Waals surface area contributed by atoms with Gasteiger partial charge < -0.3 is 10.6 Å². The second-order valence-corrected chi connectivity index (χ2v) is 4.60. The zero-order valence-electron chi connectivity index (χ0n) is 9.58. The molecule has 1 atom stereocenters. The highest BCUT2D eigenvalue weighted by atomic mass is 16.2. The standard InChI is InChI=1S/C12H14N4O/c1-12(5-6-13-12)11(17)15-9-3-2-4-10-8(9)7-14-16-10/h2-4,7,13H,5-6H2,1H3,(H,14,16)(H,15,17). The SMILES string of the molecule is CC1(C(=O)Nc2cccc3[nH]ncc23)CCN1. The second kappa shape index (κ2) is 3.56. The van der Waals surface area contributed by atoms with Crippen LogP contribution in [0, 0.1) is 0 Å². The minimum absolute atomic E-state index is 0.0115. The Labute approximate surface area is 98.6 Å². The van der Waals surface area contributed by atoms with E-state index in [2.05, 4.69) is 20.8 Å². The number of H-pyrrole nitrogens is 1. The summed E-state index contributed by atoms with van der Waals surface area (Å²) in [5.74, 6) is 0.0115. The van der Waals surface area contributed by atoms with E-state index in [0.29, 0.717) is 0 Å². The third-order valence-electron chi connectivity index (χ3n) is 3.37. The number of benzene rings is 1. The molecule has 1 aliphatic rings. The monoisotopic (exact) mass is 230 g/mol. The number of carbonyl (C=O) groups is 1. The molecule has 5 nitrogen and oxygen atoms in total. The van der Waals surface area contributed by atoms with E-state index in [9.17, 15) is 4.79 Å². The third kappa shape index (κ3) is 1.59. The molecule has 1 unspecified atom stereocenters. The number of nitrogens with zero attached hydrogens (tertiary/aromatic N) is 1. The van der Waals surface area contributed by atoms with Gasteiger partial charge in [-0.1, -0.05) is 6.07 Å². The first-order chi connectivity index (χ1) is 8.19. The van der Waals surface area contributed by atoms with Gasteiger partial charge in [0, 0.05) is 5.39 Å². The lowest BCUT2D eigenvalue weighted by Crippen LogP contribution is -2.61. The Morgan fingerprint density at radius 3 is 3.06 bits per heavy atom. The minimum atomic E-state index is -0.425. The molecule has 1 amide bonds. The van der Waals surface area contributed by atoms with Gasteiger partial charge in [-0.15, -0.1) is 0 Å². The molecule has 0 bridgehead atoms. The van der Waals surface area contributed by atoms with E-state index in [1.54, 1.807) is 6.20 Å². The van der Waals surface area contributed by atoms with Crippen LogP contribution in [0.25, 0.3) is 10.9 Å². The van der Waals surface area contributed by atoms with Gasteiger partial charge in [0.1, 0.15) is 0 Å². The summed E-state index contributed by atoms with van der Waals surface area (Å²) in [6, 6.07) is 5.71. The van der Waals surface area contributed by atoms with Crippen LogP contribution in [0.1, 0.15) is 13.3 Å². The number of aromatic nitrogens is 2. The van der Waals surface area contributed by atoms with E-state index < -0.39 is 5.54 Å². The van der Waals surface area contributed by atoms with Crippen LogP contribution in [0.15, 0.2) is 24.4 Å². The van der Waals surface area contributed by atoms with Gasteiger partial charge in [-0.2, -0.15) is 5.10 Å². The average Bonchev–Trinajstić information content (AvgIpc) is 2.75. The molecule has 1 saturated heterocycles. The van der Waals surface area contributed by atoms with E-state index in [-0.39, 0.29) is 5.91 Å². The first kappa shape index (κ1) is 10.3. The fourth-order valence-electron chi connectivity index (χ4n) is 2.03. The van der Waals surface area contributed by atoms with Gasteiger partial charge >= 0.3 is 0 Å². The molecule has 0 spiro atoms. The van der Waals surface area contributed by atoms with E-state index in [1.807, 2.05) is 25.1 Å². The Kier molecular flexibility index (Phi) is 2.16. The van der Waals surface area contributed by atoms with Crippen molar-refractivity contribution in [2.45, 2.75) is 18.9 Å². The van der Waals surface area contributed by atoms with E-state index in [0.717, 1.165) is 29.6 Å². The fourth-order valence-corrected chi connectivity index (χ4v) is 2.03. The highest BCUT2D eigenvalue weighted by molar-refractivity contribution is 6.04. The first-order valence-corrected chi connectivity index (χ1v) is 5.68. The normalized spacial score (nSPS) is 23.4. The van der Waals surface area contributed by atoms with Gasteiger partial charge in [0.25, 0.3) is 0 Å². The van der Waals surface area contributed by atoms with Crippen molar-refractivity contribution in [3.8, 4) is 0 Å². The molecule has 0 aliphatic carbocycles. The van der Waals surface area contributed by atoms with Gasteiger partial charge in [-0.3, -0.25) is 9.89 Å². The molecule has 88 valence electrons. The fraction of sp³-hybridized carbons (Fsp3) is 0.333. The number of aromatic amines is 1. The predicted molar refractivity (Wildman–Crippen MR) is 65.7 cm³/mol. The van der Waals surface area contributed by atoms with Crippen LogP contribution in [0.2, 0.25) is 0 Å². The first-order valence-electron chi connectivity index (χ1n) is 5.68. The number of hydrogen-bond acceptors (Lipinski definition) is 3. The van der Waals surface area contributed by atoms with Gasteiger partial charge in [0.05, 0.1) is 22.9 Å². The number of hydrogen-bond donors (Lipinski definition) is 3. The largest absolute Gasteiger partial charge is 0.324 e. The van der Waals surface area contributed by atoms with Crippen molar-refractivity contribution in [1.82, 2.24) is 15.5 Å². The Morgan fingerprint density at radius 2 is 2.35 bits per heavy atom. The molecule has 2 heterocycles. The number of rotatable bonds is 2. The molecular formula is C12H14N4O. The molecular weight excluding hydrogens is 216 g/mol. The maximum Gasteiger partial charge on any atom is 0.244 e. The van der Waals surface area contributed by atoms with Crippen LogP contribution in [0.3, 0.4) is 0 Å². The summed E-state index contributed by atoms with van der Waals surface area (Å²) in [7, 11) is 0. The molecule has 2 aromatic rings.